The van der Waals surface area contributed by atoms with Crippen LogP contribution in [0.5, 0.6) is 5.75 Å². The molecule has 2 unspecified atom stereocenters. The molecule has 4 nitrogen and oxygen atoms in total. The highest BCUT2D eigenvalue weighted by Gasteiger charge is 2.19. The SMILES string of the molecule is COc1ccc(CCC(=O)NCC2CCCC(N)C2)cc1. The van der Waals surface area contributed by atoms with Crippen LogP contribution in [0.2, 0.25) is 0 Å². The minimum absolute atomic E-state index is 0.130. The van der Waals surface area contributed by atoms with Gasteiger partial charge < -0.3 is 15.8 Å². The minimum atomic E-state index is 0.130. The first-order chi connectivity index (χ1) is 10.2. The molecule has 0 aliphatic heterocycles. The summed E-state index contributed by atoms with van der Waals surface area (Å²) < 4.78 is 5.12. The first kappa shape index (κ1) is 15.8. The quantitative estimate of drug-likeness (QED) is 0.844. The topological polar surface area (TPSA) is 64.3 Å². The van der Waals surface area contributed by atoms with Gasteiger partial charge in [0.25, 0.3) is 0 Å². The van der Waals surface area contributed by atoms with E-state index in [1.807, 2.05) is 24.3 Å². The second-order valence-corrected chi connectivity index (χ2v) is 5.94. The Balaban J connectivity index is 1.67. The number of rotatable bonds is 6. The second-order valence-electron chi connectivity index (χ2n) is 5.94. The van der Waals surface area contributed by atoms with E-state index < -0.39 is 0 Å². The van der Waals surface area contributed by atoms with Gasteiger partial charge in [-0.15, -0.1) is 0 Å². The summed E-state index contributed by atoms with van der Waals surface area (Å²) in [6, 6.07) is 8.19. The number of carbonyl (C=O) groups excluding carboxylic acids is 1. The number of hydrogen-bond donors (Lipinski definition) is 2. The summed E-state index contributed by atoms with van der Waals surface area (Å²) >= 11 is 0. The van der Waals surface area contributed by atoms with E-state index in [0.29, 0.717) is 18.4 Å². The number of aryl methyl sites for hydroxylation is 1. The van der Waals surface area contributed by atoms with Crippen molar-refractivity contribution < 1.29 is 9.53 Å². The van der Waals surface area contributed by atoms with Crippen molar-refractivity contribution in [2.45, 2.75) is 44.6 Å². The van der Waals surface area contributed by atoms with Crippen LogP contribution in [0.15, 0.2) is 24.3 Å². The van der Waals surface area contributed by atoms with Crippen molar-refractivity contribution in [2.75, 3.05) is 13.7 Å². The van der Waals surface area contributed by atoms with Crippen molar-refractivity contribution in [2.24, 2.45) is 11.7 Å². The van der Waals surface area contributed by atoms with Gasteiger partial charge in [0, 0.05) is 19.0 Å². The van der Waals surface area contributed by atoms with Gasteiger partial charge in [-0.2, -0.15) is 0 Å². The highest BCUT2D eigenvalue weighted by Crippen LogP contribution is 2.22. The summed E-state index contributed by atoms with van der Waals surface area (Å²) in [4.78, 5) is 11.9. The Hall–Kier alpha value is -1.55. The van der Waals surface area contributed by atoms with Crippen LogP contribution in [0.1, 0.15) is 37.7 Å². The fraction of sp³-hybridized carbons (Fsp3) is 0.588. The molecule has 21 heavy (non-hydrogen) atoms. The predicted octanol–water partition coefficient (Wildman–Crippen LogP) is 2.26. The van der Waals surface area contributed by atoms with E-state index in [0.717, 1.165) is 37.1 Å². The summed E-state index contributed by atoms with van der Waals surface area (Å²) in [5.74, 6) is 1.53. The lowest BCUT2D eigenvalue weighted by molar-refractivity contribution is -0.121. The minimum Gasteiger partial charge on any atom is -0.497 e. The van der Waals surface area contributed by atoms with Gasteiger partial charge in [0.05, 0.1) is 7.11 Å². The zero-order chi connectivity index (χ0) is 15.1. The number of hydrogen-bond acceptors (Lipinski definition) is 3. The molecule has 1 amide bonds. The van der Waals surface area contributed by atoms with Crippen LogP contribution in [0.4, 0.5) is 0 Å². The Labute approximate surface area is 127 Å². The highest BCUT2D eigenvalue weighted by molar-refractivity contribution is 5.76. The third-order valence-corrected chi connectivity index (χ3v) is 4.21. The Kier molecular flexibility index (Phi) is 6.05. The molecule has 0 bridgehead atoms. The van der Waals surface area contributed by atoms with Crippen LogP contribution in [0.25, 0.3) is 0 Å². The number of ether oxygens (including phenoxy) is 1. The van der Waals surface area contributed by atoms with E-state index in [9.17, 15) is 4.79 Å². The number of nitrogens with two attached hydrogens (primary N) is 1. The molecule has 0 aromatic heterocycles. The van der Waals surface area contributed by atoms with Crippen molar-refractivity contribution in [3.63, 3.8) is 0 Å². The van der Waals surface area contributed by atoms with Gasteiger partial charge in [-0.3, -0.25) is 4.79 Å². The maximum Gasteiger partial charge on any atom is 0.220 e. The largest absolute Gasteiger partial charge is 0.497 e. The molecule has 0 saturated heterocycles. The van der Waals surface area contributed by atoms with Crippen molar-refractivity contribution in [3.8, 4) is 5.75 Å². The molecule has 1 aromatic rings. The lowest BCUT2D eigenvalue weighted by Gasteiger charge is -2.26. The zero-order valence-electron chi connectivity index (χ0n) is 12.8. The Morgan fingerprint density at radius 2 is 2.10 bits per heavy atom. The molecule has 3 N–H and O–H groups in total. The molecular formula is C17H26N2O2. The van der Waals surface area contributed by atoms with E-state index in [1.165, 1.54) is 12.8 Å². The van der Waals surface area contributed by atoms with Gasteiger partial charge in [0.2, 0.25) is 5.91 Å². The lowest BCUT2D eigenvalue weighted by atomic mass is 9.86. The van der Waals surface area contributed by atoms with Gasteiger partial charge in [-0.05, 0) is 49.3 Å². The second kappa shape index (κ2) is 8.03. The van der Waals surface area contributed by atoms with Crippen LogP contribution < -0.4 is 15.8 Å². The van der Waals surface area contributed by atoms with E-state index in [2.05, 4.69) is 5.32 Å². The molecule has 1 fully saturated rings. The first-order valence-corrected chi connectivity index (χ1v) is 7.82. The molecule has 1 saturated carbocycles. The molecule has 1 aliphatic carbocycles. The molecule has 0 heterocycles. The molecule has 2 atom stereocenters. The lowest BCUT2D eigenvalue weighted by Crippen LogP contribution is -2.35. The Morgan fingerprint density at radius 3 is 2.76 bits per heavy atom. The normalized spacial score (nSPS) is 21.8. The van der Waals surface area contributed by atoms with E-state index in [-0.39, 0.29) is 5.91 Å². The summed E-state index contributed by atoms with van der Waals surface area (Å²) in [5.41, 5.74) is 7.12. The average molecular weight is 290 g/mol. The van der Waals surface area contributed by atoms with Gasteiger partial charge in [0.15, 0.2) is 0 Å². The van der Waals surface area contributed by atoms with Gasteiger partial charge in [-0.25, -0.2) is 0 Å². The molecular weight excluding hydrogens is 264 g/mol. The maximum atomic E-state index is 11.9. The van der Waals surface area contributed by atoms with Crippen LogP contribution in [0.3, 0.4) is 0 Å². The summed E-state index contributed by atoms with van der Waals surface area (Å²) in [6.07, 6.45) is 5.84. The third-order valence-electron chi connectivity index (χ3n) is 4.21. The molecule has 4 heteroatoms. The standard InChI is InChI=1S/C17H26N2O2/c1-21-16-8-5-13(6-9-16)7-10-17(20)19-12-14-3-2-4-15(18)11-14/h5-6,8-9,14-15H,2-4,7,10-12,18H2,1H3,(H,19,20). The van der Waals surface area contributed by atoms with E-state index in [4.69, 9.17) is 10.5 Å². The van der Waals surface area contributed by atoms with Crippen molar-refractivity contribution in [1.82, 2.24) is 5.32 Å². The van der Waals surface area contributed by atoms with Crippen LogP contribution in [-0.4, -0.2) is 25.6 Å². The first-order valence-electron chi connectivity index (χ1n) is 7.82. The van der Waals surface area contributed by atoms with Gasteiger partial charge in [0.1, 0.15) is 5.75 Å². The van der Waals surface area contributed by atoms with Gasteiger partial charge >= 0.3 is 0 Å². The third kappa shape index (κ3) is 5.38. The number of carbonyl (C=O) groups is 1. The Bertz CT molecular complexity index is 445. The summed E-state index contributed by atoms with van der Waals surface area (Å²) in [5, 5.41) is 3.05. The average Bonchev–Trinajstić information content (AvgIpc) is 2.51. The number of amides is 1. The smallest absolute Gasteiger partial charge is 0.220 e. The van der Waals surface area contributed by atoms with Crippen LogP contribution >= 0.6 is 0 Å². The van der Waals surface area contributed by atoms with E-state index >= 15 is 0 Å². The molecule has 0 spiro atoms. The summed E-state index contributed by atoms with van der Waals surface area (Å²) in [6.45, 7) is 0.773. The van der Waals surface area contributed by atoms with E-state index in [1.54, 1.807) is 7.11 Å². The maximum absolute atomic E-state index is 11.9. The predicted molar refractivity (Wildman–Crippen MR) is 84.3 cm³/mol. The van der Waals surface area contributed by atoms with Crippen molar-refractivity contribution in [1.29, 1.82) is 0 Å². The molecule has 116 valence electrons. The zero-order valence-corrected chi connectivity index (χ0v) is 12.8. The number of methoxy groups -OCH3 is 1. The molecule has 0 radical (unpaired) electrons. The van der Waals surface area contributed by atoms with Crippen LogP contribution in [-0.2, 0) is 11.2 Å². The monoisotopic (exact) mass is 290 g/mol. The number of benzene rings is 1. The van der Waals surface area contributed by atoms with Gasteiger partial charge in [-0.1, -0.05) is 18.6 Å². The van der Waals surface area contributed by atoms with Crippen molar-refractivity contribution >= 4 is 5.91 Å². The molecule has 1 aliphatic rings. The molecule has 1 aromatic carbocycles. The highest BCUT2D eigenvalue weighted by atomic mass is 16.5. The van der Waals surface area contributed by atoms with Crippen molar-refractivity contribution in [3.05, 3.63) is 29.8 Å². The fourth-order valence-corrected chi connectivity index (χ4v) is 2.91. The summed E-state index contributed by atoms with van der Waals surface area (Å²) in [7, 11) is 1.65. The van der Waals surface area contributed by atoms with Crippen LogP contribution in [0, 0.1) is 5.92 Å². The number of nitrogens with one attached hydrogen (secondary N) is 1. The molecule has 2 rings (SSSR count). The fourth-order valence-electron chi connectivity index (χ4n) is 2.91. The Morgan fingerprint density at radius 1 is 1.33 bits per heavy atom.